The van der Waals surface area contributed by atoms with Crippen LogP contribution in [0, 0.1) is 0 Å². The number of hydrogen-bond donors (Lipinski definition) is 2. The lowest BCUT2D eigenvalue weighted by molar-refractivity contribution is -0.156. The Kier molecular flexibility index (Phi) is 6.45. The van der Waals surface area contributed by atoms with Gasteiger partial charge in [0.25, 0.3) is 0 Å². The van der Waals surface area contributed by atoms with Crippen molar-refractivity contribution in [2.24, 2.45) is 0 Å². The average Bonchev–Trinajstić information content (AvgIpc) is 2.12. The Hall–Kier alpha value is -0.980. The van der Waals surface area contributed by atoms with Crippen LogP contribution >= 0.6 is 0 Å². The molecule has 2 N–H and O–H groups in total. The number of ether oxygens (including phenoxy) is 1. The van der Waals surface area contributed by atoms with E-state index in [1.807, 2.05) is 0 Å². The number of aliphatic hydroxyl groups is 1. The van der Waals surface area contributed by atoms with Gasteiger partial charge in [-0.15, -0.1) is 0 Å². The van der Waals surface area contributed by atoms with Crippen LogP contribution in [-0.4, -0.2) is 35.6 Å². The SMILES string of the molecule is CC(C)(C)OC(=O)NC(CCCCO)C(F)(F)F. The van der Waals surface area contributed by atoms with Crippen LogP contribution in [0.25, 0.3) is 0 Å². The van der Waals surface area contributed by atoms with Crippen LogP contribution in [0.5, 0.6) is 0 Å². The van der Waals surface area contributed by atoms with Crippen LogP contribution in [0.4, 0.5) is 18.0 Å². The van der Waals surface area contributed by atoms with Crippen LogP contribution in [0.3, 0.4) is 0 Å². The summed E-state index contributed by atoms with van der Waals surface area (Å²) >= 11 is 0. The minimum atomic E-state index is -4.52. The van der Waals surface area contributed by atoms with Crippen LogP contribution in [0.15, 0.2) is 0 Å². The van der Waals surface area contributed by atoms with Crippen molar-refractivity contribution in [3.63, 3.8) is 0 Å². The van der Waals surface area contributed by atoms with Gasteiger partial charge in [0.2, 0.25) is 0 Å². The van der Waals surface area contributed by atoms with E-state index < -0.39 is 23.9 Å². The number of aliphatic hydroxyl groups excluding tert-OH is 1. The van der Waals surface area contributed by atoms with Crippen molar-refractivity contribution in [1.82, 2.24) is 5.32 Å². The highest BCUT2D eigenvalue weighted by molar-refractivity contribution is 5.68. The number of rotatable bonds is 5. The Morgan fingerprint density at radius 1 is 1.28 bits per heavy atom. The van der Waals surface area contributed by atoms with Crippen molar-refractivity contribution in [1.29, 1.82) is 0 Å². The fraction of sp³-hybridized carbons (Fsp3) is 0.909. The molecule has 0 saturated carbocycles. The lowest BCUT2D eigenvalue weighted by atomic mass is 10.1. The lowest BCUT2D eigenvalue weighted by Gasteiger charge is -2.25. The summed E-state index contributed by atoms with van der Waals surface area (Å²) in [5.41, 5.74) is -0.842. The van der Waals surface area contributed by atoms with Crippen LogP contribution in [0.2, 0.25) is 0 Å². The second kappa shape index (κ2) is 6.82. The number of alkyl carbamates (subject to hydrolysis) is 1. The number of unbranched alkanes of at least 4 members (excludes halogenated alkanes) is 1. The van der Waals surface area contributed by atoms with Crippen LogP contribution in [-0.2, 0) is 4.74 Å². The van der Waals surface area contributed by atoms with Gasteiger partial charge in [-0.2, -0.15) is 13.2 Å². The minimum Gasteiger partial charge on any atom is -0.444 e. The Balaban J connectivity index is 4.37. The summed E-state index contributed by atoms with van der Waals surface area (Å²) in [6.07, 6.45) is -5.44. The highest BCUT2D eigenvalue weighted by atomic mass is 19.4. The molecule has 0 saturated heterocycles. The first-order valence-corrected chi connectivity index (χ1v) is 5.73. The summed E-state index contributed by atoms with van der Waals surface area (Å²) < 4.78 is 42.6. The zero-order valence-electron chi connectivity index (χ0n) is 10.8. The van der Waals surface area contributed by atoms with Crippen molar-refractivity contribution in [3.05, 3.63) is 0 Å². The normalized spacial score (nSPS) is 14.2. The van der Waals surface area contributed by atoms with Gasteiger partial charge >= 0.3 is 12.3 Å². The first-order valence-electron chi connectivity index (χ1n) is 5.73. The fourth-order valence-electron chi connectivity index (χ4n) is 1.23. The molecule has 0 aromatic rings. The molecule has 0 spiro atoms. The molecule has 0 aromatic heterocycles. The van der Waals surface area contributed by atoms with E-state index in [1.165, 1.54) is 0 Å². The smallest absolute Gasteiger partial charge is 0.408 e. The second-order valence-electron chi connectivity index (χ2n) is 4.96. The molecule has 1 atom stereocenters. The number of nitrogens with one attached hydrogen (secondary N) is 1. The molecule has 0 heterocycles. The van der Waals surface area contributed by atoms with Crippen molar-refractivity contribution < 1.29 is 27.8 Å². The maximum Gasteiger partial charge on any atom is 0.408 e. The summed E-state index contributed by atoms with van der Waals surface area (Å²) in [6.45, 7) is 4.54. The fourth-order valence-corrected chi connectivity index (χ4v) is 1.23. The molecule has 7 heteroatoms. The third-order valence-corrected chi connectivity index (χ3v) is 1.99. The highest BCUT2D eigenvalue weighted by Gasteiger charge is 2.40. The monoisotopic (exact) mass is 271 g/mol. The topological polar surface area (TPSA) is 58.6 Å². The molecule has 0 fully saturated rings. The summed E-state index contributed by atoms with van der Waals surface area (Å²) in [7, 11) is 0. The van der Waals surface area contributed by atoms with Gasteiger partial charge < -0.3 is 15.2 Å². The largest absolute Gasteiger partial charge is 0.444 e. The van der Waals surface area contributed by atoms with Crippen molar-refractivity contribution >= 4 is 6.09 Å². The Morgan fingerprint density at radius 2 is 1.83 bits per heavy atom. The molecule has 0 aliphatic carbocycles. The predicted molar refractivity (Wildman–Crippen MR) is 60.1 cm³/mol. The van der Waals surface area contributed by atoms with Gasteiger partial charge in [-0.1, -0.05) is 0 Å². The van der Waals surface area contributed by atoms with Gasteiger partial charge in [0, 0.05) is 6.61 Å². The Labute approximate surface area is 105 Å². The Bertz CT molecular complexity index is 261. The molecular weight excluding hydrogens is 251 g/mol. The zero-order chi connectivity index (χ0) is 14.4. The van der Waals surface area contributed by atoms with Crippen LogP contribution in [0.1, 0.15) is 40.0 Å². The molecule has 1 amide bonds. The number of amides is 1. The standard InChI is InChI=1S/C11H20F3NO3/c1-10(2,3)18-9(17)15-8(11(12,13)14)6-4-5-7-16/h8,16H,4-7H2,1-3H3,(H,15,17). The molecule has 108 valence electrons. The molecule has 4 nitrogen and oxygen atoms in total. The molecule has 0 radical (unpaired) electrons. The second-order valence-corrected chi connectivity index (χ2v) is 4.96. The van der Waals surface area contributed by atoms with E-state index in [-0.39, 0.29) is 25.9 Å². The number of carbonyl (C=O) groups excluding carboxylic acids is 1. The van der Waals surface area contributed by atoms with E-state index in [9.17, 15) is 18.0 Å². The van der Waals surface area contributed by atoms with E-state index >= 15 is 0 Å². The molecule has 0 aliphatic rings. The van der Waals surface area contributed by atoms with E-state index in [0.717, 1.165) is 0 Å². The first kappa shape index (κ1) is 17.0. The summed E-state index contributed by atoms with van der Waals surface area (Å²) in [4.78, 5) is 11.3. The van der Waals surface area contributed by atoms with Crippen LogP contribution < -0.4 is 5.32 Å². The molecule has 0 bridgehead atoms. The van der Waals surface area contributed by atoms with E-state index in [1.54, 1.807) is 26.1 Å². The first-order chi connectivity index (χ1) is 8.06. The third kappa shape index (κ3) is 8.16. The van der Waals surface area contributed by atoms with E-state index in [4.69, 9.17) is 9.84 Å². The van der Waals surface area contributed by atoms with Crippen molar-refractivity contribution in [2.75, 3.05) is 6.61 Å². The van der Waals surface area contributed by atoms with E-state index in [0.29, 0.717) is 0 Å². The highest BCUT2D eigenvalue weighted by Crippen LogP contribution is 2.24. The summed E-state index contributed by atoms with van der Waals surface area (Å²) in [5, 5.41) is 10.3. The maximum absolute atomic E-state index is 12.6. The summed E-state index contributed by atoms with van der Waals surface area (Å²) in [6, 6.07) is -1.95. The third-order valence-electron chi connectivity index (χ3n) is 1.99. The van der Waals surface area contributed by atoms with E-state index in [2.05, 4.69) is 0 Å². The van der Waals surface area contributed by atoms with Crippen molar-refractivity contribution in [3.8, 4) is 0 Å². The maximum atomic E-state index is 12.6. The molecule has 1 unspecified atom stereocenters. The molecule has 0 rings (SSSR count). The molecule has 0 aromatic carbocycles. The number of halogens is 3. The molecule has 0 aliphatic heterocycles. The zero-order valence-corrected chi connectivity index (χ0v) is 10.8. The lowest BCUT2D eigenvalue weighted by Crippen LogP contribution is -2.47. The minimum absolute atomic E-state index is 0.170. The summed E-state index contributed by atoms with van der Waals surface area (Å²) in [5.74, 6) is 0. The Morgan fingerprint density at radius 3 is 2.22 bits per heavy atom. The molecular formula is C11H20F3NO3. The van der Waals surface area contributed by atoms with Gasteiger partial charge in [-0.25, -0.2) is 4.79 Å². The van der Waals surface area contributed by atoms with Crippen molar-refractivity contribution in [2.45, 2.75) is 57.9 Å². The predicted octanol–water partition coefficient (Wildman–Crippen LogP) is 2.60. The van der Waals surface area contributed by atoms with Gasteiger partial charge in [-0.3, -0.25) is 0 Å². The quantitative estimate of drug-likeness (QED) is 0.756. The number of carbonyl (C=O) groups is 1. The van der Waals surface area contributed by atoms with Gasteiger partial charge in [0.1, 0.15) is 11.6 Å². The average molecular weight is 271 g/mol. The number of hydrogen-bond acceptors (Lipinski definition) is 3. The molecule has 18 heavy (non-hydrogen) atoms. The number of alkyl halides is 3. The van der Waals surface area contributed by atoms with Gasteiger partial charge in [0.05, 0.1) is 0 Å². The van der Waals surface area contributed by atoms with Gasteiger partial charge in [-0.05, 0) is 40.0 Å². The van der Waals surface area contributed by atoms with Gasteiger partial charge in [0.15, 0.2) is 0 Å².